The minimum atomic E-state index is -0.605. The lowest BCUT2D eigenvalue weighted by atomic mass is 10.3. The summed E-state index contributed by atoms with van der Waals surface area (Å²) in [6.07, 6.45) is 0.266. The number of amides is 3. The number of para-hydroxylation sites is 1. The van der Waals surface area contributed by atoms with Crippen molar-refractivity contribution in [3.8, 4) is 0 Å². The summed E-state index contributed by atoms with van der Waals surface area (Å²) in [4.78, 5) is 40.1. The van der Waals surface area contributed by atoms with Gasteiger partial charge in [0.1, 0.15) is 12.4 Å². The second-order valence-electron chi connectivity index (χ2n) is 4.91. The van der Waals surface area contributed by atoms with E-state index < -0.39 is 11.7 Å². The number of hydrogen-bond donors (Lipinski definition) is 0. The van der Waals surface area contributed by atoms with Gasteiger partial charge in [0.05, 0.1) is 10.2 Å². The van der Waals surface area contributed by atoms with Crippen molar-refractivity contribution in [2.45, 2.75) is 12.8 Å². The Morgan fingerprint density at radius 1 is 1.32 bits per heavy atom. The third-order valence-corrected chi connectivity index (χ3v) is 4.54. The van der Waals surface area contributed by atoms with Gasteiger partial charge in [-0.15, -0.1) is 0 Å². The van der Waals surface area contributed by atoms with Gasteiger partial charge in [0, 0.05) is 19.9 Å². The molecule has 114 valence electrons. The van der Waals surface area contributed by atoms with Crippen molar-refractivity contribution in [1.82, 2.24) is 9.47 Å². The van der Waals surface area contributed by atoms with Gasteiger partial charge in [-0.1, -0.05) is 17.4 Å². The SMILES string of the molecule is Cn1c(=NC(=O)CN2C(=O)CCC2=O)sc2cccc(F)c21. The smallest absolute Gasteiger partial charge is 0.268 e. The highest BCUT2D eigenvalue weighted by atomic mass is 32.1. The fraction of sp³-hybridized carbons (Fsp3) is 0.286. The molecule has 0 spiro atoms. The van der Waals surface area contributed by atoms with Crippen LogP contribution in [-0.2, 0) is 21.4 Å². The molecule has 3 amide bonds. The quantitative estimate of drug-likeness (QED) is 0.773. The van der Waals surface area contributed by atoms with Crippen LogP contribution in [0.1, 0.15) is 12.8 Å². The number of carbonyl (C=O) groups is 3. The lowest BCUT2D eigenvalue weighted by molar-refractivity contribution is -0.141. The van der Waals surface area contributed by atoms with Crippen LogP contribution in [0.5, 0.6) is 0 Å². The summed E-state index contributed by atoms with van der Waals surface area (Å²) in [6.45, 7) is -0.367. The molecule has 1 saturated heterocycles. The maximum absolute atomic E-state index is 13.8. The van der Waals surface area contributed by atoms with Crippen LogP contribution >= 0.6 is 11.3 Å². The van der Waals surface area contributed by atoms with Gasteiger partial charge in [0.15, 0.2) is 4.80 Å². The zero-order chi connectivity index (χ0) is 15.9. The van der Waals surface area contributed by atoms with E-state index in [9.17, 15) is 18.8 Å². The summed E-state index contributed by atoms with van der Waals surface area (Å²) in [5.41, 5.74) is 0.368. The molecule has 0 saturated carbocycles. The molecular weight excluding hydrogens is 309 g/mol. The van der Waals surface area contributed by atoms with Crippen LogP contribution in [0.25, 0.3) is 10.2 Å². The number of rotatable bonds is 2. The monoisotopic (exact) mass is 321 g/mol. The zero-order valence-electron chi connectivity index (χ0n) is 11.7. The first-order valence-corrected chi connectivity index (χ1v) is 7.44. The van der Waals surface area contributed by atoms with Crippen molar-refractivity contribution in [2.75, 3.05) is 6.54 Å². The van der Waals surface area contributed by atoms with Crippen LogP contribution < -0.4 is 4.80 Å². The van der Waals surface area contributed by atoms with E-state index in [0.717, 1.165) is 4.90 Å². The number of carbonyl (C=O) groups excluding carboxylic acids is 3. The second-order valence-corrected chi connectivity index (χ2v) is 5.92. The number of halogens is 1. The summed E-state index contributed by atoms with van der Waals surface area (Å²) in [7, 11) is 1.61. The normalized spacial score (nSPS) is 16.1. The van der Waals surface area contributed by atoms with E-state index in [1.165, 1.54) is 22.0 Å². The molecule has 3 rings (SSSR count). The van der Waals surface area contributed by atoms with Gasteiger partial charge in [0.2, 0.25) is 11.8 Å². The molecule has 1 aliphatic heterocycles. The van der Waals surface area contributed by atoms with Crippen LogP contribution in [0, 0.1) is 5.82 Å². The number of benzene rings is 1. The van der Waals surface area contributed by atoms with E-state index in [2.05, 4.69) is 4.99 Å². The largest absolute Gasteiger partial charge is 0.317 e. The number of aromatic nitrogens is 1. The lowest BCUT2D eigenvalue weighted by Gasteiger charge is -2.09. The number of likely N-dealkylation sites (tertiary alicyclic amines) is 1. The van der Waals surface area contributed by atoms with E-state index in [-0.39, 0.29) is 31.2 Å². The Morgan fingerprint density at radius 3 is 2.64 bits per heavy atom. The average molecular weight is 321 g/mol. The number of thiazole rings is 1. The van der Waals surface area contributed by atoms with Crippen LogP contribution in [-0.4, -0.2) is 33.7 Å². The van der Waals surface area contributed by atoms with E-state index in [0.29, 0.717) is 15.0 Å². The highest BCUT2D eigenvalue weighted by molar-refractivity contribution is 7.16. The minimum Gasteiger partial charge on any atom is -0.317 e. The summed E-state index contributed by atoms with van der Waals surface area (Å²) < 4.78 is 15.9. The Morgan fingerprint density at radius 2 is 2.00 bits per heavy atom. The Bertz CT molecular complexity index is 852. The zero-order valence-corrected chi connectivity index (χ0v) is 12.5. The molecule has 2 aromatic rings. The lowest BCUT2D eigenvalue weighted by Crippen LogP contribution is -2.34. The third-order valence-electron chi connectivity index (χ3n) is 3.44. The van der Waals surface area contributed by atoms with Crippen molar-refractivity contribution in [3.05, 3.63) is 28.8 Å². The van der Waals surface area contributed by atoms with Crippen molar-refractivity contribution < 1.29 is 18.8 Å². The predicted octanol–water partition coefficient (Wildman–Crippen LogP) is 0.955. The highest BCUT2D eigenvalue weighted by Crippen LogP contribution is 2.19. The molecule has 2 heterocycles. The number of hydrogen-bond acceptors (Lipinski definition) is 4. The molecule has 1 fully saturated rings. The van der Waals surface area contributed by atoms with Gasteiger partial charge in [-0.2, -0.15) is 4.99 Å². The Balaban J connectivity index is 1.93. The van der Waals surface area contributed by atoms with Gasteiger partial charge < -0.3 is 4.57 Å². The number of nitrogens with zero attached hydrogens (tertiary/aromatic N) is 3. The predicted molar refractivity (Wildman–Crippen MR) is 77.3 cm³/mol. The fourth-order valence-electron chi connectivity index (χ4n) is 2.34. The third kappa shape index (κ3) is 2.45. The first-order valence-electron chi connectivity index (χ1n) is 6.62. The molecule has 0 atom stereocenters. The molecule has 8 heteroatoms. The van der Waals surface area contributed by atoms with E-state index in [1.54, 1.807) is 19.2 Å². The van der Waals surface area contributed by atoms with Crippen LogP contribution in [0.4, 0.5) is 4.39 Å². The van der Waals surface area contributed by atoms with E-state index >= 15 is 0 Å². The number of aryl methyl sites for hydroxylation is 1. The second kappa shape index (κ2) is 5.45. The van der Waals surface area contributed by atoms with Crippen molar-refractivity contribution in [1.29, 1.82) is 0 Å². The molecule has 1 aromatic heterocycles. The Hall–Kier alpha value is -2.35. The molecule has 0 radical (unpaired) electrons. The maximum Gasteiger partial charge on any atom is 0.268 e. The Labute approximate surface area is 128 Å². The summed E-state index contributed by atoms with van der Waals surface area (Å²) in [5.74, 6) is -1.72. The molecule has 0 bridgehead atoms. The summed E-state index contributed by atoms with van der Waals surface area (Å²) in [6, 6.07) is 4.66. The van der Waals surface area contributed by atoms with Crippen molar-refractivity contribution in [2.24, 2.45) is 12.0 Å². The highest BCUT2D eigenvalue weighted by Gasteiger charge is 2.30. The molecule has 1 aromatic carbocycles. The number of fused-ring (bicyclic) bond motifs is 1. The Kier molecular flexibility index (Phi) is 3.61. The van der Waals surface area contributed by atoms with Gasteiger partial charge >= 0.3 is 0 Å². The van der Waals surface area contributed by atoms with E-state index in [1.807, 2.05) is 0 Å². The van der Waals surface area contributed by atoms with E-state index in [4.69, 9.17) is 0 Å². The summed E-state index contributed by atoms with van der Waals surface area (Å²) in [5, 5.41) is 0. The topological polar surface area (TPSA) is 71.7 Å². The van der Waals surface area contributed by atoms with Crippen molar-refractivity contribution in [3.63, 3.8) is 0 Å². The van der Waals surface area contributed by atoms with Crippen molar-refractivity contribution >= 4 is 39.3 Å². The first-order chi connectivity index (χ1) is 10.5. The fourth-order valence-corrected chi connectivity index (χ4v) is 3.39. The molecule has 0 aliphatic carbocycles. The molecule has 0 N–H and O–H groups in total. The van der Waals surface area contributed by atoms with Gasteiger partial charge in [0.25, 0.3) is 5.91 Å². The van der Waals surface area contributed by atoms with Crippen LogP contribution in [0.15, 0.2) is 23.2 Å². The maximum atomic E-state index is 13.8. The molecule has 6 nitrogen and oxygen atoms in total. The van der Waals surface area contributed by atoms with Crippen LogP contribution in [0.3, 0.4) is 0 Å². The molecule has 0 unspecified atom stereocenters. The standard InChI is InChI=1S/C14H12FN3O3S/c1-17-13-8(15)3-2-4-9(13)22-14(17)16-10(19)7-18-11(20)5-6-12(18)21/h2-4H,5-7H2,1H3. The molecule has 1 aliphatic rings. The first kappa shape index (κ1) is 14.6. The van der Waals surface area contributed by atoms with Gasteiger partial charge in [-0.3, -0.25) is 19.3 Å². The van der Waals surface area contributed by atoms with Crippen LogP contribution in [0.2, 0.25) is 0 Å². The van der Waals surface area contributed by atoms with Gasteiger partial charge in [-0.25, -0.2) is 4.39 Å². The number of imide groups is 1. The average Bonchev–Trinajstić information content (AvgIpc) is 2.94. The summed E-state index contributed by atoms with van der Waals surface area (Å²) >= 11 is 1.17. The van der Waals surface area contributed by atoms with Gasteiger partial charge in [-0.05, 0) is 12.1 Å². The molecular formula is C14H12FN3O3S. The minimum absolute atomic E-state index is 0.133. The molecule has 22 heavy (non-hydrogen) atoms.